The largest absolute Gasteiger partial charge is 0.408 e. The highest BCUT2D eigenvalue weighted by Gasteiger charge is 2.29. The Kier molecular flexibility index (Phi) is 2.98. The van der Waals surface area contributed by atoms with Crippen LogP contribution in [-0.4, -0.2) is 16.0 Å². The van der Waals surface area contributed by atoms with Crippen LogP contribution in [0.15, 0.2) is 30.3 Å². The van der Waals surface area contributed by atoms with E-state index in [0.29, 0.717) is 5.56 Å². The zero-order chi connectivity index (χ0) is 13.3. The third-order valence-electron chi connectivity index (χ3n) is 2.27. The average Bonchev–Trinajstić information content (AvgIpc) is 2.58. The van der Waals surface area contributed by atoms with Gasteiger partial charge in [0.1, 0.15) is 18.2 Å². The Morgan fingerprint density at radius 1 is 1.17 bits per heavy atom. The number of nitrogens with zero attached hydrogens (tertiary/aromatic N) is 2. The van der Waals surface area contributed by atoms with Crippen molar-refractivity contribution in [3.8, 4) is 11.3 Å². The highest BCUT2D eigenvalue weighted by atomic mass is 19.4. The van der Waals surface area contributed by atoms with Gasteiger partial charge in [0.05, 0.1) is 5.69 Å². The maximum absolute atomic E-state index is 12.8. The van der Waals surface area contributed by atoms with Crippen molar-refractivity contribution in [2.45, 2.75) is 12.7 Å². The molecule has 1 aromatic heterocycles. The van der Waals surface area contributed by atoms with Crippen LogP contribution in [0, 0.1) is 5.82 Å². The summed E-state index contributed by atoms with van der Waals surface area (Å²) in [7, 11) is 0. The molecule has 2 N–H and O–H groups in total. The second kappa shape index (κ2) is 4.32. The van der Waals surface area contributed by atoms with Gasteiger partial charge in [0.15, 0.2) is 0 Å². The predicted molar refractivity (Wildman–Crippen MR) is 58.1 cm³/mol. The molecule has 1 aromatic carbocycles. The van der Waals surface area contributed by atoms with E-state index in [1.165, 1.54) is 18.2 Å². The van der Waals surface area contributed by atoms with Crippen LogP contribution < -0.4 is 5.73 Å². The van der Waals surface area contributed by atoms with Crippen molar-refractivity contribution in [1.29, 1.82) is 0 Å². The third kappa shape index (κ3) is 2.79. The molecule has 0 aliphatic heterocycles. The van der Waals surface area contributed by atoms with E-state index in [0.717, 1.165) is 16.8 Å². The molecule has 96 valence electrons. The second-order valence-electron chi connectivity index (χ2n) is 3.73. The van der Waals surface area contributed by atoms with Gasteiger partial charge in [0, 0.05) is 11.6 Å². The molecule has 0 atom stereocenters. The van der Waals surface area contributed by atoms with Crippen molar-refractivity contribution in [3.63, 3.8) is 0 Å². The van der Waals surface area contributed by atoms with E-state index in [9.17, 15) is 17.6 Å². The van der Waals surface area contributed by atoms with E-state index in [1.54, 1.807) is 0 Å². The number of nitrogen functional groups attached to an aromatic ring is 1. The van der Waals surface area contributed by atoms with Gasteiger partial charge in [-0.1, -0.05) is 0 Å². The molecule has 7 heteroatoms. The molecule has 3 nitrogen and oxygen atoms in total. The van der Waals surface area contributed by atoms with Crippen LogP contribution in [0.4, 0.5) is 23.4 Å². The SMILES string of the molecule is Nc1cc(-c2ccc(F)cc2)n(CC(F)(F)F)n1. The van der Waals surface area contributed by atoms with Gasteiger partial charge in [-0.2, -0.15) is 18.3 Å². The smallest absolute Gasteiger partial charge is 0.382 e. The van der Waals surface area contributed by atoms with E-state index in [-0.39, 0.29) is 11.5 Å². The molecule has 0 fully saturated rings. The van der Waals surface area contributed by atoms with E-state index in [1.807, 2.05) is 0 Å². The molecule has 0 amide bonds. The topological polar surface area (TPSA) is 43.8 Å². The summed E-state index contributed by atoms with van der Waals surface area (Å²) in [4.78, 5) is 0. The zero-order valence-corrected chi connectivity index (χ0v) is 9.08. The lowest BCUT2D eigenvalue weighted by atomic mass is 10.1. The van der Waals surface area contributed by atoms with Gasteiger partial charge in [-0.15, -0.1) is 0 Å². The van der Waals surface area contributed by atoms with Crippen LogP contribution in [0.2, 0.25) is 0 Å². The first-order valence-corrected chi connectivity index (χ1v) is 5.01. The lowest BCUT2D eigenvalue weighted by Crippen LogP contribution is -2.19. The van der Waals surface area contributed by atoms with Crippen molar-refractivity contribution in [1.82, 2.24) is 9.78 Å². The Balaban J connectivity index is 2.41. The van der Waals surface area contributed by atoms with Crippen molar-refractivity contribution in [2.24, 2.45) is 0 Å². The lowest BCUT2D eigenvalue weighted by Gasteiger charge is -2.10. The number of rotatable bonds is 2. The number of alkyl halides is 3. The van der Waals surface area contributed by atoms with Crippen LogP contribution in [0.25, 0.3) is 11.3 Å². The summed E-state index contributed by atoms with van der Waals surface area (Å²) < 4.78 is 50.6. The molecule has 0 saturated carbocycles. The minimum Gasteiger partial charge on any atom is -0.382 e. The molecule has 0 spiro atoms. The van der Waals surface area contributed by atoms with E-state index in [2.05, 4.69) is 5.10 Å². The first kappa shape index (κ1) is 12.4. The fourth-order valence-electron chi connectivity index (χ4n) is 1.58. The van der Waals surface area contributed by atoms with Gasteiger partial charge in [-0.05, 0) is 24.3 Å². The summed E-state index contributed by atoms with van der Waals surface area (Å²) in [6.07, 6.45) is -4.40. The lowest BCUT2D eigenvalue weighted by molar-refractivity contribution is -0.142. The number of hydrogen-bond acceptors (Lipinski definition) is 2. The average molecular weight is 259 g/mol. The first-order valence-electron chi connectivity index (χ1n) is 5.01. The van der Waals surface area contributed by atoms with E-state index < -0.39 is 18.5 Å². The number of anilines is 1. The molecule has 0 aliphatic carbocycles. The summed E-state index contributed by atoms with van der Waals surface area (Å²) in [6, 6.07) is 6.39. The number of halogens is 4. The van der Waals surface area contributed by atoms with Crippen molar-refractivity contribution < 1.29 is 17.6 Å². The first-order chi connectivity index (χ1) is 8.35. The molecule has 2 aromatic rings. The molecule has 0 aliphatic rings. The normalized spacial score (nSPS) is 11.8. The van der Waals surface area contributed by atoms with E-state index >= 15 is 0 Å². The summed E-state index contributed by atoms with van der Waals surface area (Å²) in [6.45, 7) is -1.24. The third-order valence-corrected chi connectivity index (χ3v) is 2.27. The number of benzene rings is 1. The molecule has 0 bridgehead atoms. The minimum atomic E-state index is -4.40. The predicted octanol–water partition coefficient (Wildman–Crippen LogP) is 2.83. The fourth-order valence-corrected chi connectivity index (χ4v) is 1.58. The van der Waals surface area contributed by atoms with Gasteiger partial charge >= 0.3 is 6.18 Å². The van der Waals surface area contributed by atoms with Gasteiger partial charge in [-0.25, -0.2) is 4.39 Å². The molecular weight excluding hydrogens is 250 g/mol. The number of hydrogen-bond donors (Lipinski definition) is 1. The standard InChI is InChI=1S/C11H9F4N3/c12-8-3-1-7(2-4-8)9-5-10(16)17-18(9)6-11(13,14)15/h1-5H,6H2,(H2,16,17). The Hall–Kier alpha value is -2.05. The van der Waals surface area contributed by atoms with Gasteiger partial charge in [0.25, 0.3) is 0 Å². The van der Waals surface area contributed by atoms with Crippen LogP contribution in [0.1, 0.15) is 0 Å². The zero-order valence-electron chi connectivity index (χ0n) is 9.08. The van der Waals surface area contributed by atoms with Crippen molar-refractivity contribution in [2.75, 3.05) is 5.73 Å². The Morgan fingerprint density at radius 3 is 2.33 bits per heavy atom. The van der Waals surface area contributed by atoms with Crippen molar-refractivity contribution in [3.05, 3.63) is 36.1 Å². The Bertz CT molecular complexity index is 542. The summed E-state index contributed by atoms with van der Waals surface area (Å²) in [5, 5.41) is 3.58. The van der Waals surface area contributed by atoms with Crippen LogP contribution >= 0.6 is 0 Å². The van der Waals surface area contributed by atoms with Crippen LogP contribution in [0.5, 0.6) is 0 Å². The minimum absolute atomic E-state index is 0.0152. The molecule has 0 saturated heterocycles. The summed E-state index contributed by atoms with van der Waals surface area (Å²) in [5.74, 6) is -0.479. The van der Waals surface area contributed by atoms with Gasteiger partial charge in [0.2, 0.25) is 0 Å². The fraction of sp³-hybridized carbons (Fsp3) is 0.182. The molecule has 18 heavy (non-hydrogen) atoms. The second-order valence-corrected chi connectivity index (χ2v) is 3.73. The Morgan fingerprint density at radius 2 is 1.78 bits per heavy atom. The summed E-state index contributed by atoms with van der Waals surface area (Å²) in [5.41, 5.74) is 6.01. The molecule has 2 rings (SSSR count). The molecule has 0 radical (unpaired) electrons. The number of nitrogens with two attached hydrogens (primary N) is 1. The van der Waals surface area contributed by atoms with E-state index in [4.69, 9.17) is 5.73 Å². The molecule has 1 heterocycles. The highest BCUT2D eigenvalue weighted by molar-refractivity contribution is 5.62. The van der Waals surface area contributed by atoms with Crippen molar-refractivity contribution >= 4 is 5.82 Å². The van der Waals surface area contributed by atoms with Gasteiger partial charge in [-0.3, -0.25) is 4.68 Å². The monoisotopic (exact) mass is 259 g/mol. The van der Waals surface area contributed by atoms with Crippen LogP contribution in [-0.2, 0) is 6.54 Å². The highest BCUT2D eigenvalue weighted by Crippen LogP contribution is 2.25. The quantitative estimate of drug-likeness (QED) is 0.843. The maximum Gasteiger partial charge on any atom is 0.408 e. The molecular formula is C11H9F4N3. The van der Waals surface area contributed by atoms with Gasteiger partial charge < -0.3 is 5.73 Å². The number of aromatic nitrogens is 2. The summed E-state index contributed by atoms with van der Waals surface area (Å²) >= 11 is 0. The van der Waals surface area contributed by atoms with Crippen LogP contribution in [0.3, 0.4) is 0 Å². The molecule has 0 unspecified atom stereocenters. The Labute approximate surface area is 99.8 Å². The maximum atomic E-state index is 12.8.